The number of rotatable bonds is 4. The first-order chi connectivity index (χ1) is 7.92. The molecular weight excluding hydrogens is 196 g/mol. The van der Waals surface area contributed by atoms with Crippen molar-refractivity contribution < 1.29 is 0 Å². The van der Waals surface area contributed by atoms with Crippen molar-refractivity contribution in [2.24, 2.45) is 0 Å². The molecule has 0 saturated heterocycles. The molecule has 0 aliphatic carbocycles. The van der Waals surface area contributed by atoms with Crippen molar-refractivity contribution >= 4 is 16.6 Å². The van der Waals surface area contributed by atoms with E-state index in [4.69, 9.17) is 6.42 Å². The van der Waals surface area contributed by atoms with Crippen LogP contribution in [-0.2, 0) is 0 Å². The second kappa shape index (κ2) is 5.18. The second-order valence-corrected chi connectivity index (χ2v) is 3.62. The molecule has 16 heavy (non-hydrogen) atoms. The number of unbranched alkanes of at least 4 members (excludes halogenated alkanes) is 1. The minimum absolute atomic E-state index is 0.803. The number of pyridine rings is 1. The molecule has 0 aliphatic rings. The summed E-state index contributed by atoms with van der Waals surface area (Å²) in [5.41, 5.74) is 0. The Balaban J connectivity index is 2.15. The summed E-state index contributed by atoms with van der Waals surface area (Å²) in [5, 5.41) is 5.68. The zero-order valence-electron chi connectivity index (χ0n) is 9.11. The molecule has 0 fully saturated rings. The Bertz CT molecular complexity index is 506. The molecule has 1 heterocycles. The Labute approximate surface area is 95.7 Å². The van der Waals surface area contributed by atoms with Crippen LogP contribution in [0.15, 0.2) is 36.5 Å². The number of hydrogen-bond donors (Lipinski definition) is 1. The van der Waals surface area contributed by atoms with Gasteiger partial charge in [0, 0.05) is 24.5 Å². The van der Waals surface area contributed by atoms with Gasteiger partial charge in [-0.05, 0) is 17.9 Å². The first-order valence-corrected chi connectivity index (χ1v) is 5.43. The summed E-state index contributed by atoms with van der Waals surface area (Å²) < 4.78 is 0. The van der Waals surface area contributed by atoms with Crippen molar-refractivity contribution in [1.29, 1.82) is 0 Å². The molecule has 0 amide bonds. The Kier molecular flexibility index (Phi) is 3.40. The first-order valence-electron chi connectivity index (χ1n) is 5.43. The SMILES string of the molecule is C#CCCCNc1nccc2ccccc12. The first kappa shape index (κ1) is 10.5. The summed E-state index contributed by atoms with van der Waals surface area (Å²) >= 11 is 0. The van der Waals surface area contributed by atoms with Gasteiger partial charge in [0.05, 0.1) is 0 Å². The van der Waals surface area contributed by atoms with E-state index in [2.05, 4.69) is 28.4 Å². The molecular formula is C14H14N2. The third-order valence-electron chi connectivity index (χ3n) is 2.46. The predicted molar refractivity (Wildman–Crippen MR) is 68.3 cm³/mol. The third kappa shape index (κ3) is 2.32. The summed E-state index contributed by atoms with van der Waals surface area (Å²) in [6.07, 6.45) is 8.81. The highest BCUT2D eigenvalue weighted by atomic mass is 15.0. The van der Waals surface area contributed by atoms with Crippen LogP contribution in [0.5, 0.6) is 0 Å². The lowest BCUT2D eigenvalue weighted by molar-refractivity contribution is 0.903. The average molecular weight is 210 g/mol. The van der Waals surface area contributed by atoms with E-state index < -0.39 is 0 Å². The summed E-state index contributed by atoms with van der Waals surface area (Å²) in [6, 6.07) is 10.2. The van der Waals surface area contributed by atoms with Crippen LogP contribution >= 0.6 is 0 Å². The van der Waals surface area contributed by atoms with Crippen molar-refractivity contribution in [1.82, 2.24) is 4.98 Å². The van der Waals surface area contributed by atoms with E-state index in [1.54, 1.807) is 0 Å². The van der Waals surface area contributed by atoms with Gasteiger partial charge in [-0.15, -0.1) is 12.3 Å². The Morgan fingerprint density at radius 1 is 1.25 bits per heavy atom. The largest absolute Gasteiger partial charge is 0.370 e. The molecule has 2 aromatic rings. The van der Waals surface area contributed by atoms with Crippen LogP contribution in [0, 0.1) is 12.3 Å². The molecule has 1 aromatic heterocycles. The van der Waals surface area contributed by atoms with Crippen LogP contribution in [0.1, 0.15) is 12.8 Å². The lowest BCUT2D eigenvalue weighted by atomic mass is 10.1. The smallest absolute Gasteiger partial charge is 0.133 e. The van der Waals surface area contributed by atoms with Crippen LogP contribution in [0.2, 0.25) is 0 Å². The zero-order chi connectivity index (χ0) is 11.2. The molecule has 0 spiro atoms. The normalized spacial score (nSPS) is 9.94. The number of fused-ring (bicyclic) bond motifs is 1. The molecule has 80 valence electrons. The minimum Gasteiger partial charge on any atom is -0.370 e. The van der Waals surface area contributed by atoms with E-state index in [1.807, 2.05) is 24.4 Å². The lowest BCUT2D eigenvalue weighted by Gasteiger charge is -2.07. The quantitative estimate of drug-likeness (QED) is 0.619. The van der Waals surface area contributed by atoms with Gasteiger partial charge in [0.25, 0.3) is 0 Å². The van der Waals surface area contributed by atoms with Crippen LogP contribution in [0.25, 0.3) is 10.8 Å². The monoisotopic (exact) mass is 210 g/mol. The molecule has 1 aromatic carbocycles. The topological polar surface area (TPSA) is 24.9 Å². The van der Waals surface area contributed by atoms with Gasteiger partial charge in [0.15, 0.2) is 0 Å². The molecule has 0 atom stereocenters. The predicted octanol–water partition coefficient (Wildman–Crippen LogP) is 3.06. The van der Waals surface area contributed by atoms with Gasteiger partial charge >= 0.3 is 0 Å². The molecule has 0 unspecified atom stereocenters. The maximum absolute atomic E-state index is 5.21. The number of aromatic nitrogens is 1. The standard InChI is InChI=1S/C14H14N2/c1-2-3-6-10-15-14-13-8-5-4-7-12(13)9-11-16-14/h1,4-5,7-9,11H,3,6,10H2,(H,15,16). The summed E-state index contributed by atoms with van der Waals surface area (Å²) in [6.45, 7) is 0.866. The molecule has 0 aliphatic heterocycles. The number of benzene rings is 1. The highest BCUT2D eigenvalue weighted by molar-refractivity contribution is 5.91. The van der Waals surface area contributed by atoms with E-state index in [1.165, 1.54) is 5.39 Å². The third-order valence-corrected chi connectivity index (χ3v) is 2.46. The number of terminal acetylenes is 1. The van der Waals surface area contributed by atoms with Crippen molar-refractivity contribution in [3.63, 3.8) is 0 Å². The maximum Gasteiger partial charge on any atom is 0.133 e. The minimum atomic E-state index is 0.803. The summed E-state index contributed by atoms with van der Waals surface area (Å²) in [5.74, 6) is 3.57. The van der Waals surface area contributed by atoms with Crippen LogP contribution in [0.3, 0.4) is 0 Å². The second-order valence-electron chi connectivity index (χ2n) is 3.62. The molecule has 1 N–H and O–H groups in total. The molecule has 0 bridgehead atoms. The van der Waals surface area contributed by atoms with E-state index in [-0.39, 0.29) is 0 Å². The van der Waals surface area contributed by atoms with Gasteiger partial charge in [-0.2, -0.15) is 0 Å². The average Bonchev–Trinajstić information content (AvgIpc) is 2.35. The summed E-state index contributed by atoms with van der Waals surface area (Å²) in [7, 11) is 0. The Morgan fingerprint density at radius 3 is 3.00 bits per heavy atom. The van der Waals surface area contributed by atoms with Gasteiger partial charge in [0.2, 0.25) is 0 Å². The van der Waals surface area contributed by atoms with Gasteiger partial charge in [0.1, 0.15) is 5.82 Å². The van der Waals surface area contributed by atoms with E-state index >= 15 is 0 Å². The Morgan fingerprint density at radius 2 is 2.12 bits per heavy atom. The van der Waals surface area contributed by atoms with Gasteiger partial charge in [-0.25, -0.2) is 4.98 Å². The molecule has 0 radical (unpaired) electrons. The fourth-order valence-corrected chi connectivity index (χ4v) is 1.66. The van der Waals surface area contributed by atoms with E-state index in [9.17, 15) is 0 Å². The Hall–Kier alpha value is -2.01. The van der Waals surface area contributed by atoms with Crippen molar-refractivity contribution in [2.75, 3.05) is 11.9 Å². The molecule has 2 nitrogen and oxygen atoms in total. The van der Waals surface area contributed by atoms with E-state index in [0.29, 0.717) is 0 Å². The van der Waals surface area contributed by atoms with Crippen molar-refractivity contribution in [2.45, 2.75) is 12.8 Å². The maximum atomic E-state index is 5.21. The van der Waals surface area contributed by atoms with Crippen LogP contribution in [0.4, 0.5) is 5.82 Å². The fraction of sp³-hybridized carbons (Fsp3) is 0.214. The van der Waals surface area contributed by atoms with E-state index in [0.717, 1.165) is 30.6 Å². The van der Waals surface area contributed by atoms with Gasteiger partial charge < -0.3 is 5.32 Å². The van der Waals surface area contributed by atoms with Crippen molar-refractivity contribution in [3.05, 3.63) is 36.5 Å². The van der Waals surface area contributed by atoms with Gasteiger partial charge in [-0.3, -0.25) is 0 Å². The number of hydrogen-bond acceptors (Lipinski definition) is 2. The fourth-order valence-electron chi connectivity index (χ4n) is 1.66. The molecule has 0 saturated carbocycles. The van der Waals surface area contributed by atoms with Crippen LogP contribution in [-0.4, -0.2) is 11.5 Å². The number of nitrogens with one attached hydrogen (secondary N) is 1. The highest BCUT2D eigenvalue weighted by Gasteiger charge is 1.99. The van der Waals surface area contributed by atoms with Gasteiger partial charge in [-0.1, -0.05) is 24.3 Å². The zero-order valence-corrected chi connectivity index (χ0v) is 9.11. The van der Waals surface area contributed by atoms with Crippen LogP contribution < -0.4 is 5.32 Å². The highest BCUT2D eigenvalue weighted by Crippen LogP contribution is 2.20. The number of nitrogens with zero attached hydrogens (tertiary/aromatic N) is 1. The molecule has 2 rings (SSSR count). The molecule has 2 heteroatoms. The lowest BCUT2D eigenvalue weighted by Crippen LogP contribution is -2.03. The van der Waals surface area contributed by atoms with Crippen molar-refractivity contribution in [3.8, 4) is 12.3 Å². The number of anilines is 1. The summed E-state index contributed by atoms with van der Waals surface area (Å²) in [4.78, 5) is 4.34.